The first-order valence-corrected chi connectivity index (χ1v) is 6.49. The molecule has 0 unspecified atom stereocenters. The molecule has 92 valence electrons. The van der Waals surface area contributed by atoms with Crippen LogP contribution in [0, 0.1) is 0 Å². The van der Waals surface area contributed by atoms with E-state index in [0.717, 1.165) is 25.1 Å². The Morgan fingerprint density at radius 3 is 3.06 bits per heavy atom. The lowest BCUT2D eigenvalue weighted by Crippen LogP contribution is -1.94. The van der Waals surface area contributed by atoms with E-state index in [2.05, 4.69) is 16.9 Å². The van der Waals surface area contributed by atoms with Gasteiger partial charge in [0.1, 0.15) is 0 Å². The van der Waals surface area contributed by atoms with E-state index < -0.39 is 0 Å². The molecule has 0 spiro atoms. The van der Waals surface area contributed by atoms with Crippen LogP contribution in [0.2, 0.25) is 5.28 Å². The summed E-state index contributed by atoms with van der Waals surface area (Å²) in [5, 5.41) is 0.294. The van der Waals surface area contributed by atoms with Gasteiger partial charge >= 0.3 is 0 Å². The fourth-order valence-electron chi connectivity index (χ4n) is 1.63. The molecule has 0 N–H and O–H groups in total. The fourth-order valence-corrected chi connectivity index (χ4v) is 1.77. The van der Waals surface area contributed by atoms with E-state index in [9.17, 15) is 0 Å². The Labute approximate surface area is 107 Å². The summed E-state index contributed by atoms with van der Waals surface area (Å²) in [5.41, 5.74) is 2.08. The molecule has 0 bridgehead atoms. The van der Waals surface area contributed by atoms with Crippen LogP contribution in [0.25, 0.3) is 6.08 Å². The minimum atomic E-state index is 0.294. The molecule has 1 aromatic heterocycles. The summed E-state index contributed by atoms with van der Waals surface area (Å²) in [7, 11) is 0. The van der Waals surface area contributed by atoms with Crippen LogP contribution in [-0.2, 0) is 4.74 Å². The number of ether oxygens (including phenoxy) is 1. The van der Waals surface area contributed by atoms with Gasteiger partial charge in [0.05, 0.1) is 18.6 Å². The Morgan fingerprint density at radius 1 is 1.53 bits per heavy atom. The number of halogens is 1. The lowest BCUT2D eigenvalue weighted by Gasteiger charge is -2.03. The van der Waals surface area contributed by atoms with Crippen molar-refractivity contribution in [2.45, 2.75) is 38.5 Å². The SMILES string of the molecule is CCCCO/C=C/c1nc(Cl)ncc1C1CC1. The highest BCUT2D eigenvalue weighted by Gasteiger charge is 2.26. The molecule has 0 radical (unpaired) electrons. The topological polar surface area (TPSA) is 35.0 Å². The molecule has 4 heteroatoms. The van der Waals surface area contributed by atoms with Gasteiger partial charge in [-0.25, -0.2) is 9.97 Å². The third-order valence-corrected chi connectivity index (χ3v) is 2.96. The molecule has 3 nitrogen and oxygen atoms in total. The van der Waals surface area contributed by atoms with E-state index in [1.54, 1.807) is 6.26 Å². The standard InChI is InChI=1S/C13H17ClN2O/c1-2-3-7-17-8-6-12-11(10-4-5-10)9-15-13(14)16-12/h6,8-10H,2-5,7H2,1H3/b8-6+. The molecule has 1 aliphatic carbocycles. The van der Waals surface area contributed by atoms with Crippen LogP contribution < -0.4 is 0 Å². The molecule has 0 amide bonds. The lowest BCUT2D eigenvalue weighted by molar-refractivity contribution is 0.246. The Bertz CT molecular complexity index is 402. The molecule has 1 aromatic rings. The number of aromatic nitrogens is 2. The summed E-state index contributed by atoms with van der Waals surface area (Å²) >= 11 is 5.81. The molecule has 0 saturated heterocycles. The first-order valence-electron chi connectivity index (χ1n) is 6.12. The highest BCUT2D eigenvalue weighted by molar-refractivity contribution is 6.28. The van der Waals surface area contributed by atoms with Crippen molar-refractivity contribution >= 4 is 17.7 Å². The minimum Gasteiger partial charge on any atom is -0.501 e. The lowest BCUT2D eigenvalue weighted by atomic mass is 10.1. The van der Waals surface area contributed by atoms with Gasteiger partial charge in [0, 0.05) is 6.20 Å². The third kappa shape index (κ3) is 3.70. The van der Waals surface area contributed by atoms with Crippen LogP contribution in [0.5, 0.6) is 0 Å². The van der Waals surface area contributed by atoms with Crippen LogP contribution in [0.3, 0.4) is 0 Å². The van der Waals surface area contributed by atoms with Crippen molar-refractivity contribution in [1.29, 1.82) is 0 Å². The third-order valence-electron chi connectivity index (χ3n) is 2.77. The van der Waals surface area contributed by atoms with Gasteiger partial charge < -0.3 is 4.74 Å². The Kier molecular flexibility index (Phi) is 4.37. The Balaban J connectivity index is 2.00. The zero-order valence-electron chi connectivity index (χ0n) is 10.0. The van der Waals surface area contributed by atoms with Crippen LogP contribution in [0.4, 0.5) is 0 Å². The predicted molar refractivity (Wildman–Crippen MR) is 68.9 cm³/mol. The first kappa shape index (κ1) is 12.4. The maximum Gasteiger partial charge on any atom is 0.222 e. The molecule has 17 heavy (non-hydrogen) atoms. The van der Waals surface area contributed by atoms with Crippen molar-refractivity contribution in [3.05, 3.63) is 29.0 Å². The first-order chi connectivity index (χ1) is 8.31. The monoisotopic (exact) mass is 252 g/mol. The number of hydrogen-bond acceptors (Lipinski definition) is 3. The van der Waals surface area contributed by atoms with E-state index in [4.69, 9.17) is 16.3 Å². The van der Waals surface area contributed by atoms with Crippen LogP contribution in [0.15, 0.2) is 12.5 Å². The summed E-state index contributed by atoms with van der Waals surface area (Å²) in [6, 6.07) is 0. The van der Waals surface area contributed by atoms with Gasteiger partial charge in [-0.15, -0.1) is 0 Å². The van der Waals surface area contributed by atoms with Crippen molar-refractivity contribution in [3.8, 4) is 0 Å². The molecule has 0 aliphatic heterocycles. The zero-order chi connectivity index (χ0) is 12.1. The molecule has 1 heterocycles. The molecular formula is C13H17ClN2O. The van der Waals surface area contributed by atoms with Crippen LogP contribution in [-0.4, -0.2) is 16.6 Å². The van der Waals surface area contributed by atoms with Gasteiger partial charge in [-0.1, -0.05) is 13.3 Å². The highest BCUT2D eigenvalue weighted by atomic mass is 35.5. The second-order valence-corrected chi connectivity index (χ2v) is 4.62. The second kappa shape index (κ2) is 6.01. The van der Waals surface area contributed by atoms with Crippen molar-refractivity contribution in [1.82, 2.24) is 9.97 Å². The summed E-state index contributed by atoms with van der Waals surface area (Å²) in [5.74, 6) is 0.613. The molecule has 2 rings (SSSR count). The zero-order valence-corrected chi connectivity index (χ0v) is 10.8. The molecule has 1 aliphatic rings. The summed E-state index contributed by atoms with van der Waals surface area (Å²) in [6.07, 6.45) is 10.1. The molecular weight excluding hydrogens is 236 g/mol. The van der Waals surface area contributed by atoms with Crippen molar-refractivity contribution in [2.24, 2.45) is 0 Å². The molecule has 1 fully saturated rings. The van der Waals surface area contributed by atoms with E-state index in [-0.39, 0.29) is 0 Å². The van der Waals surface area contributed by atoms with Gasteiger partial charge in [-0.2, -0.15) is 0 Å². The summed E-state index contributed by atoms with van der Waals surface area (Å²) in [6.45, 7) is 2.90. The van der Waals surface area contributed by atoms with E-state index in [1.165, 1.54) is 18.4 Å². The average Bonchev–Trinajstić information content (AvgIpc) is 3.13. The van der Waals surface area contributed by atoms with Crippen molar-refractivity contribution in [3.63, 3.8) is 0 Å². The summed E-state index contributed by atoms with van der Waals surface area (Å²) < 4.78 is 5.39. The van der Waals surface area contributed by atoms with E-state index >= 15 is 0 Å². The number of nitrogens with zero attached hydrogens (tertiary/aromatic N) is 2. The number of unbranched alkanes of at least 4 members (excludes halogenated alkanes) is 1. The van der Waals surface area contributed by atoms with Gasteiger partial charge in [0.25, 0.3) is 0 Å². The van der Waals surface area contributed by atoms with Crippen molar-refractivity contribution < 1.29 is 4.74 Å². The molecule has 0 atom stereocenters. The second-order valence-electron chi connectivity index (χ2n) is 4.28. The molecule has 1 saturated carbocycles. The number of rotatable bonds is 6. The van der Waals surface area contributed by atoms with Crippen LogP contribution >= 0.6 is 11.6 Å². The van der Waals surface area contributed by atoms with Crippen LogP contribution in [0.1, 0.15) is 49.8 Å². The van der Waals surface area contributed by atoms with E-state index in [1.807, 2.05) is 12.3 Å². The molecule has 0 aromatic carbocycles. The maximum absolute atomic E-state index is 5.81. The average molecular weight is 253 g/mol. The Hall–Kier alpha value is -1.09. The normalized spacial score (nSPS) is 15.4. The van der Waals surface area contributed by atoms with Gasteiger partial charge in [-0.3, -0.25) is 0 Å². The van der Waals surface area contributed by atoms with Gasteiger partial charge in [-0.05, 0) is 48.4 Å². The fraction of sp³-hybridized carbons (Fsp3) is 0.538. The van der Waals surface area contributed by atoms with Crippen molar-refractivity contribution in [2.75, 3.05) is 6.61 Å². The highest BCUT2D eigenvalue weighted by Crippen LogP contribution is 2.41. The quantitative estimate of drug-likeness (QED) is 0.439. The predicted octanol–water partition coefficient (Wildman–Crippen LogP) is 3.79. The van der Waals surface area contributed by atoms with Gasteiger partial charge in [0.15, 0.2) is 0 Å². The van der Waals surface area contributed by atoms with E-state index in [0.29, 0.717) is 11.2 Å². The largest absolute Gasteiger partial charge is 0.501 e. The maximum atomic E-state index is 5.81. The van der Waals surface area contributed by atoms with Gasteiger partial charge in [0.2, 0.25) is 5.28 Å². The summed E-state index contributed by atoms with van der Waals surface area (Å²) in [4.78, 5) is 8.28. The smallest absolute Gasteiger partial charge is 0.222 e. The number of hydrogen-bond donors (Lipinski definition) is 0. The Morgan fingerprint density at radius 2 is 2.35 bits per heavy atom. The minimum absolute atomic E-state index is 0.294.